The smallest absolute Gasteiger partial charge is 0.252 e. The van der Waals surface area contributed by atoms with Crippen molar-refractivity contribution >= 4 is 17.9 Å². The van der Waals surface area contributed by atoms with E-state index in [0.717, 1.165) is 0 Å². The average Bonchev–Trinajstić information content (AvgIpc) is 2.60. The van der Waals surface area contributed by atoms with E-state index in [-0.39, 0.29) is 17.6 Å². The van der Waals surface area contributed by atoms with Crippen molar-refractivity contribution in [2.24, 2.45) is 0 Å². The largest absolute Gasteiger partial charge is 0.352 e. The van der Waals surface area contributed by atoms with Crippen LogP contribution in [0.15, 0.2) is 54.9 Å². The zero-order valence-corrected chi connectivity index (χ0v) is 13.0. The summed E-state index contributed by atoms with van der Waals surface area (Å²) in [5.41, 5.74) is 1.12. The van der Waals surface area contributed by atoms with Gasteiger partial charge in [0.1, 0.15) is 5.82 Å². The monoisotopic (exact) mass is 327 g/mol. The van der Waals surface area contributed by atoms with Crippen molar-refractivity contribution in [2.45, 2.75) is 6.42 Å². The lowest BCUT2D eigenvalue weighted by molar-refractivity contribution is -0.116. The van der Waals surface area contributed by atoms with Gasteiger partial charge >= 0.3 is 0 Å². The predicted molar refractivity (Wildman–Crippen MR) is 89.6 cm³/mol. The summed E-state index contributed by atoms with van der Waals surface area (Å²) in [6, 6.07) is 9.36. The number of benzene rings is 1. The number of nitrogens with one attached hydrogen (secondary N) is 2. The molecule has 2 N–H and O–H groups in total. The second-order valence-corrected chi connectivity index (χ2v) is 5.03. The Hall–Kier alpha value is -3.02. The van der Waals surface area contributed by atoms with Crippen molar-refractivity contribution in [1.29, 1.82) is 0 Å². The van der Waals surface area contributed by atoms with Gasteiger partial charge in [-0.2, -0.15) is 0 Å². The summed E-state index contributed by atoms with van der Waals surface area (Å²) in [6.07, 6.45) is 6.59. The number of pyridine rings is 1. The zero-order valence-electron chi connectivity index (χ0n) is 13.0. The van der Waals surface area contributed by atoms with Crippen LogP contribution in [0.2, 0.25) is 0 Å². The Kier molecular flexibility index (Phi) is 6.64. The fourth-order valence-corrected chi connectivity index (χ4v) is 1.94. The molecule has 0 spiro atoms. The van der Waals surface area contributed by atoms with Crippen LogP contribution in [0, 0.1) is 5.82 Å². The lowest BCUT2D eigenvalue weighted by Crippen LogP contribution is -2.29. The minimum absolute atomic E-state index is 0.194. The molecule has 0 unspecified atom stereocenters. The van der Waals surface area contributed by atoms with E-state index in [4.69, 9.17) is 0 Å². The molecule has 2 aromatic rings. The normalized spacial score (nSPS) is 10.5. The molecule has 0 bridgehead atoms. The Morgan fingerprint density at radius 3 is 2.71 bits per heavy atom. The Morgan fingerprint density at radius 1 is 1.12 bits per heavy atom. The highest BCUT2D eigenvalue weighted by Gasteiger charge is 2.03. The molecule has 0 saturated carbocycles. The third-order valence-corrected chi connectivity index (χ3v) is 3.14. The van der Waals surface area contributed by atoms with Crippen LogP contribution in [-0.2, 0) is 4.79 Å². The van der Waals surface area contributed by atoms with Crippen molar-refractivity contribution in [3.8, 4) is 0 Å². The number of aromatic nitrogens is 1. The topological polar surface area (TPSA) is 71.1 Å². The molecule has 1 heterocycles. The highest BCUT2D eigenvalue weighted by Crippen LogP contribution is 2.05. The molecular weight excluding hydrogens is 309 g/mol. The van der Waals surface area contributed by atoms with Crippen LogP contribution < -0.4 is 10.6 Å². The molecule has 1 aromatic carbocycles. The number of nitrogens with zero attached hydrogens (tertiary/aromatic N) is 1. The fraction of sp³-hybridized carbons (Fsp3) is 0.167. The van der Waals surface area contributed by atoms with Gasteiger partial charge in [-0.05, 0) is 42.3 Å². The molecule has 6 heteroatoms. The molecule has 0 aliphatic rings. The summed E-state index contributed by atoms with van der Waals surface area (Å²) >= 11 is 0. The summed E-state index contributed by atoms with van der Waals surface area (Å²) in [5, 5.41) is 5.44. The fourth-order valence-electron chi connectivity index (χ4n) is 1.94. The Labute approximate surface area is 139 Å². The number of hydrogen-bond donors (Lipinski definition) is 2. The lowest BCUT2D eigenvalue weighted by Gasteiger charge is -2.05. The van der Waals surface area contributed by atoms with E-state index in [2.05, 4.69) is 15.6 Å². The first-order valence-corrected chi connectivity index (χ1v) is 7.55. The number of carbonyl (C=O) groups excluding carboxylic acids is 2. The first kappa shape index (κ1) is 17.3. The van der Waals surface area contributed by atoms with Crippen molar-refractivity contribution in [3.63, 3.8) is 0 Å². The molecule has 1 aromatic heterocycles. The summed E-state index contributed by atoms with van der Waals surface area (Å²) in [4.78, 5) is 27.3. The molecule has 0 saturated heterocycles. The van der Waals surface area contributed by atoms with Gasteiger partial charge in [-0.3, -0.25) is 14.6 Å². The molecular formula is C18H18FN3O2. The van der Waals surface area contributed by atoms with E-state index in [9.17, 15) is 14.0 Å². The van der Waals surface area contributed by atoms with Crippen LogP contribution >= 0.6 is 0 Å². The van der Waals surface area contributed by atoms with Crippen molar-refractivity contribution in [3.05, 3.63) is 71.8 Å². The maximum absolute atomic E-state index is 13.0. The Bertz CT molecular complexity index is 717. The standard InChI is InChI=1S/C18H18FN3O2/c19-16-6-1-4-14(12-16)7-8-17(23)21-10-3-11-22-18(24)15-5-2-9-20-13-15/h1-2,4-9,12-13H,3,10-11H2,(H,21,23)(H,22,24)/b8-7+. The van der Waals surface area contributed by atoms with Gasteiger partial charge in [0.2, 0.25) is 5.91 Å². The van der Waals surface area contributed by atoms with Gasteiger partial charge in [0, 0.05) is 31.6 Å². The number of amides is 2. The number of rotatable bonds is 7. The van der Waals surface area contributed by atoms with Gasteiger partial charge in [0.25, 0.3) is 5.91 Å². The first-order valence-electron chi connectivity index (χ1n) is 7.55. The maximum Gasteiger partial charge on any atom is 0.252 e. The van der Waals surface area contributed by atoms with Crippen LogP contribution in [-0.4, -0.2) is 29.9 Å². The van der Waals surface area contributed by atoms with E-state index in [1.54, 1.807) is 36.5 Å². The van der Waals surface area contributed by atoms with Crippen LogP contribution in [0.25, 0.3) is 6.08 Å². The third-order valence-electron chi connectivity index (χ3n) is 3.14. The van der Waals surface area contributed by atoms with Crippen LogP contribution in [0.1, 0.15) is 22.3 Å². The first-order chi connectivity index (χ1) is 11.6. The Balaban J connectivity index is 1.63. The summed E-state index contributed by atoms with van der Waals surface area (Å²) < 4.78 is 13.0. The van der Waals surface area contributed by atoms with Gasteiger partial charge in [-0.25, -0.2) is 4.39 Å². The van der Waals surface area contributed by atoms with Gasteiger partial charge in [0.15, 0.2) is 0 Å². The minimum Gasteiger partial charge on any atom is -0.352 e. The molecule has 24 heavy (non-hydrogen) atoms. The molecule has 0 fully saturated rings. The van der Waals surface area contributed by atoms with Crippen LogP contribution in [0.5, 0.6) is 0 Å². The SMILES string of the molecule is O=C(/C=C/c1cccc(F)c1)NCCCNC(=O)c1cccnc1. The van der Waals surface area contributed by atoms with Crippen molar-refractivity contribution < 1.29 is 14.0 Å². The van der Waals surface area contributed by atoms with E-state index < -0.39 is 0 Å². The van der Waals surface area contributed by atoms with E-state index in [0.29, 0.717) is 30.6 Å². The highest BCUT2D eigenvalue weighted by molar-refractivity contribution is 5.93. The second kappa shape index (κ2) is 9.19. The number of carbonyl (C=O) groups is 2. The third kappa shape index (κ3) is 6.00. The molecule has 0 radical (unpaired) electrons. The van der Waals surface area contributed by atoms with Crippen molar-refractivity contribution in [1.82, 2.24) is 15.6 Å². The number of halogens is 1. The minimum atomic E-state index is -0.345. The maximum atomic E-state index is 13.0. The molecule has 0 aliphatic heterocycles. The predicted octanol–water partition coefficient (Wildman–Crippen LogP) is 2.17. The zero-order chi connectivity index (χ0) is 17.2. The van der Waals surface area contributed by atoms with Gasteiger partial charge in [-0.1, -0.05) is 12.1 Å². The quantitative estimate of drug-likeness (QED) is 0.605. The number of hydrogen-bond acceptors (Lipinski definition) is 3. The summed E-state index contributed by atoms with van der Waals surface area (Å²) in [5.74, 6) is -0.805. The molecule has 2 amide bonds. The summed E-state index contributed by atoms with van der Waals surface area (Å²) in [7, 11) is 0. The van der Waals surface area contributed by atoms with Gasteiger partial charge < -0.3 is 10.6 Å². The highest BCUT2D eigenvalue weighted by atomic mass is 19.1. The Morgan fingerprint density at radius 2 is 1.96 bits per heavy atom. The van der Waals surface area contributed by atoms with E-state index in [1.807, 2.05) is 0 Å². The average molecular weight is 327 g/mol. The molecule has 124 valence electrons. The molecule has 0 atom stereocenters. The van der Waals surface area contributed by atoms with Crippen LogP contribution in [0.4, 0.5) is 4.39 Å². The molecule has 0 aliphatic carbocycles. The molecule has 2 rings (SSSR count). The second-order valence-electron chi connectivity index (χ2n) is 5.03. The lowest BCUT2D eigenvalue weighted by atomic mass is 10.2. The van der Waals surface area contributed by atoms with Crippen molar-refractivity contribution in [2.75, 3.05) is 13.1 Å². The van der Waals surface area contributed by atoms with Gasteiger partial charge in [-0.15, -0.1) is 0 Å². The van der Waals surface area contributed by atoms with Gasteiger partial charge in [0.05, 0.1) is 5.56 Å². The van der Waals surface area contributed by atoms with Crippen LogP contribution in [0.3, 0.4) is 0 Å². The van der Waals surface area contributed by atoms with E-state index >= 15 is 0 Å². The summed E-state index contributed by atoms with van der Waals surface area (Å²) in [6.45, 7) is 0.876. The molecule has 5 nitrogen and oxygen atoms in total. The van der Waals surface area contributed by atoms with E-state index in [1.165, 1.54) is 24.4 Å².